The molecule has 0 saturated heterocycles. The minimum atomic E-state index is -0.400. The van der Waals surface area contributed by atoms with Crippen LogP contribution in [0.4, 0.5) is 4.39 Å². The van der Waals surface area contributed by atoms with Gasteiger partial charge in [-0.3, -0.25) is 0 Å². The van der Waals surface area contributed by atoms with Gasteiger partial charge >= 0.3 is 0 Å². The Morgan fingerprint density at radius 2 is 2.12 bits per heavy atom. The highest BCUT2D eigenvalue weighted by Crippen LogP contribution is 2.28. The third-order valence-corrected chi connectivity index (χ3v) is 3.49. The van der Waals surface area contributed by atoms with Gasteiger partial charge in [-0.15, -0.1) is 0 Å². The van der Waals surface area contributed by atoms with Crippen molar-refractivity contribution in [1.82, 2.24) is 0 Å². The average molecular weight is 238 g/mol. The summed E-state index contributed by atoms with van der Waals surface area (Å²) in [5, 5.41) is 9.94. The summed E-state index contributed by atoms with van der Waals surface area (Å²) in [4.78, 5) is 0. The van der Waals surface area contributed by atoms with Gasteiger partial charge in [0.15, 0.2) is 0 Å². The minimum Gasteiger partial charge on any atom is -0.491 e. The topological polar surface area (TPSA) is 29.5 Å². The molecule has 3 heteroatoms. The lowest BCUT2D eigenvalue weighted by molar-refractivity contribution is 0.0593. The molecule has 2 rings (SSSR count). The second-order valence-electron chi connectivity index (χ2n) is 4.83. The molecule has 0 aliphatic heterocycles. The fraction of sp³-hybridized carbons (Fsp3) is 0.571. The van der Waals surface area contributed by atoms with Gasteiger partial charge in [0.1, 0.15) is 18.2 Å². The van der Waals surface area contributed by atoms with Gasteiger partial charge in [0.05, 0.1) is 6.10 Å². The predicted octanol–water partition coefficient (Wildman–Crippen LogP) is 3.06. The van der Waals surface area contributed by atoms with Crippen LogP contribution < -0.4 is 4.74 Å². The van der Waals surface area contributed by atoms with E-state index in [4.69, 9.17) is 4.74 Å². The van der Waals surface area contributed by atoms with Crippen LogP contribution in [0.3, 0.4) is 0 Å². The molecule has 2 nitrogen and oxygen atoms in total. The number of aliphatic hydroxyl groups excluding tert-OH is 1. The summed E-state index contributed by atoms with van der Waals surface area (Å²) in [6.45, 7) is 2.01. The quantitative estimate of drug-likeness (QED) is 0.873. The number of aliphatic hydroxyl groups is 1. The van der Waals surface area contributed by atoms with E-state index in [1.807, 2.05) is 0 Å². The molecule has 0 amide bonds. The summed E-state index contributed by atoms with van der Waals surface area (Å²) in [6.07, 6.45) is 4.19. The summed E-state index contributed by atoms with van der Waals surface area (Å²) in [5.74, 6) is 0.770. The number of aryl methyl sites for hydroxylation is 1. The molecule has 0 heterocycles. The molecule has 0 aromatic heterocycles. The molecule has 1 fully saturated rings. The molecule has 1 aromatic rings. The highest BCUT2D eigenvalue weighted by atomic mass is 19.1. The fourth-order valence-corrected chi connectivity index (χ4v) is 2.37. The van der Waals surface area contributed by atoms with Gasteiger partial charge in [0.2, 0.25) is 0 Å². The Hall–Kier alpha value is -1.09. The molecule has 1 saturated carbocycles. The predicted molar refractivity (Wildman–Crippen MR) is 64.6 cm³/mol. The van der Waals surface area contributed by atoms with E-state index < -0.39 is 6.10 Å². The molecule has 1 N–H and O–H groups in total. The lowest BCUT2D eigenvalue weighted by Gasteiger charge is -2.18. The van der Waals surface area contributed by atoms with Gasteiger partial charge in [-0.2, -0.15) is 0 Å². The SMILES string of the molecule is Cc1cc(OCC(O)C2CCCC2)ccc1F. The third kappa shape index (κ3) is 3.19. The standard InChI is InChI=1S/C14H19FO2/c1-10-8-12(6-7-13(10)15)17-9-14(16)11-4-2-3-5-11/h6-8,11,14,16H,2-5,9H2,1H3. The summed E-state index contributed by atoms with van der Waals surface area (Å²) in [6, 6.07) is 4.66. The monoisotopic (exact) mass is 238 g/mol. The summed E-state index contributed by atoms with van der Waals surface area (Å²) in [5.41, 5.74) is 0.567. The van der Waals surface area contributed by atoms with Crippen molar-refractivity contribution in [2.45, 2.75) is 38.7 Å². The largest absolute Gasteiger partial charge is 0.491 e. The van der Waals surface area contributed by atoms with Gasteiger partial charge in [-0.05, 0) is 49.4 Å². The molecule has 1 aromatic carbocycles. The maximum atomic E-state index is 13.0. The van der Waals surface area contributed by atoms with Crippen LogP contribution in [0, 0.1) is 18.7 Å². The van der Waals surface area contributed by atoms with Crippen LogP contribution in [0.5, 0.6) is 5.75 Å². The Morgan fingerprint density at radius 3 is 2.76 bits per heavy atom. The lowest BCUT2D eigenvalue weighted by atomic mass is 10.0. The van der Waals surface area contributed by atoms with Crippen LogP contribution >= 0.6 is 0 Å². The highest BCUT2D eigenvalue weighted by molar-refractivity contribution is 5.28. The molecule has 1 aliphatic carbocycles. The first-order chi connectivity index (χ1) is 8.16. The van der Waals surface area contributed by atoms with E-state index in [-0.39, 0.29) is 5.82 Å². The van der Waals surface area contributed by atoms with Gasteiger partial charge in [0.25, 0.3) is 0 Å². The van der Waals surface area contributed by atoms with E-state index in [1.54, 1.807) is 19.1 Å². The van der Waals surface area contributed by atoms with Gasteiger partial charge in [-0.1, -0.05) is 12.8 Å². The number of rotatable bonds is 4. The van der Waals surface area contributed by atoms with Crippen molar-refractivity contribution in [3.05, 3.63) is 29.6 Å². The first kappa shape index (κ1) is 12.4. The molecule has 17 heavy (non-hydrogen) atoms. The smallest absolute Gasteiger partial charge is 0.126 e. The Morgan fingerprint density at radius 1 is 1.41 bits per heavy atom. The van der Waals surface area contributed by atoms with E-state index in [1.165, 1.54) is 18.9 Å². The first-order valence-corrected chi connectivity index (χ1v) is 6.24. The molecule has 0 bridgehead atoms. The van der Waals surface area contributed by atoms with Crippen molar-refractivity contribution in [1.29, 1.82) is 0 Å². The van der Waals surface area contributed by atoms with Crippen molar-refractivity contribution in [2.75, 3.05) is 6.61 Å². The summed E-state index contributed by atoms with van der Waals surface area (Å²) >= 11 is 0. The maximum absolute atomic E-state index is 13.0. The third-order valence-electron chi connectivity index (χ3n) is 3.49. The van der Waals surface area contributed by atoms with Crippen molar-refractivity contribution < 1.29 is 14.2 Å². The summed E-state index contributed by atoms with van der Waals surface area (Å²) < 4.78 is 18.5. The number of hydrogen-bond donors (Lipinski definition) is 1. The van der Waals surface area contributed by atoms with Gasteiger partial charge in [-0.25, -0.2) is 4.39 Å². The molecular weight excluding hydrogens is 219 g/mol. The lowest BCUT2D eigenvalue weighted by Crippen LogP contribution is -2.25. The zero-order chi connectivity index (χ0) is 12.3. The van der Waals surface area contributed by atoms with Crippen LogP contribution in [0.25, 0.3) is 0 Å². The zero-order valence-electron chi connectivity index (χ0n) is 10.2. The number of hydrogen-bond acceptors (Lipinski definition) is 2. The molecule has 1 aliphatic rings. The van der Waals surface area contributed by atoms with E-state index >= 15 is 0 Å². The zero-order valence-corrected chi connectivity index (χ0v) is 10.2. The van der Waals surface area contributed by atoms with E-state index in [0.717, 1.165) is 12.8 Å². The van der Waals surface area contributed by atoms with Crippen molar-refractivity contribution in [3.63, 3.8) is 0 Å². The maximum Gasteiger partial charge on any atom is 0.126 e. The Bertz CT molecular complexity index is 372. The summed E-state index contributed by atoms with van der Waals surface area (Å²) in [7, 11) is 0. The van der Waals surface area contributed by atoms with Crippen LogP contribution in [0.15, 0.2) is 18.2 Å². The Kier molecular flexibility index (Phi) is 4.00. The second-order valence-corrected chi connectivity index (χ2v) is 4.83. The van der Waals surface area contributed by atoms with Gasteiger partial charge in [0, 0.05) is 0 Å². The van der Waals surface area contributed by atoms with Gasteiger partial charge < -0.3 is 9.84 Å². The molecule has 0 radical (unpaired) electrons. The number of ether oxygens (including phenoxy) is 1. The van der Waals surface area contributed by atoms with Crippen LogP contribution in [-0.4, -0.2) is 17.8 Å². The molecule has 0 spiro atoms. The van der Waals surface area contributed by atoms with Crippen LogP contribution in [0.2, 0.25) is 0 Å². The van der Waals surface area contributed by atoms with E-state index in [9.17, 15) is 9.50 Å². The molecular formula is C14H19FO2. The average Bonchev–Trinajstić information content (AvgIpc) is 2.84. The Balaban J connectivity index is 1.86. The fourth-order valence-electron chi connectivity index (χ4n) is 2.37. The highest BCUT2D eigenvalue weighted by Gasteiger charge is 2.23. The van der Waals surface area contributed by atoms with Crippen LogP contribution in [-0.2, 0) is 0 Å². The van der Waals surface area contributed by atoms with Crippen molar-refractivity contribution in [3.8, 4) is 5.75 Å². The van der Waals surface area contributed by atoms with Crippen LogP contribution in [0.1, 0.15) is 31.2 Å². The second kappa shape index (κ2) is 5.50. The first-order valence-electron chi connectivity index (χ1n) is 6.24. The minimum absolute atomic E-state index is 0.228. The van der Waals surface area contributed by atoms with Crippen molar-refractivity contribution in [2.24, 2.45) is 5.92 Å². The molecule has 1 unspecified atom stereocenters. The number of benzene rings is 1. The molecule has 1 atom stereocenters. The van der Waals surface area contributed by atoms with E-state index in [0.29, 0.717) is 23.8 Å². The van der Waals surface area contributed by atoms with Crippen molar-refractivity contribution >= 4 is 0 Å². The Labute approximate surface area is 101 Å². The normalized spacial score (nSPS) is 18.3. The van der Waals surface area contributed by atoms with E-state index in [2.05, 4.69) is 0 Å². The number of halogens is 1. The molecule has 94 valence electrons.